The summed E-state index contributed by atoms with van der Waals surface area (Å²) in [6, 6.07) is 8.00. The van der Waals surface area contributed by atoms with Crippen molar-refractivity contribution in [3.8, 4) is 0 Å². The predicted molar refractivity (Wildman–Crippen MR) is 74.4 cm³/mol. The molecule has 1 aliphatic rings. The monoisotopic (exact) mass is 315 g/mol. The lowest BCUT2D eigenvalue weighted by Gasteiger charge is -2.13. The molecule has 1 aromatic heterocycles. The van der Waals surface area contributed by atoms with E-state index in [1.165, 1.54) is 12.1 Å². The van der Waals surface area contributed by atoms with Gasteiger partial charge in [-0.3, -0.25) is 24.3 Å². The van der Waals surface area contributed by atoms with Gasteiger partial charge in [-0.25, -0.2) is 9.48 Å². The van der Waals surface area contributed by atoms with Crippen molar-refractivity contribution in [1.82, 2.24) is 14.8 Å². The Morgan fingerprint density at radius 3 is 2.17 bits per heavy atom. The van der Waals surface area contributed by atoms with Crippen LogP contribution < -0.4 is 11.1 Å². The van der Waals surface area contributed by atoms with Crippen molar-refractivity contribution in [2.75, 3.05) is 0 Å². The maximum atomic E-state index is 12.0. The number of fused-ring (bicyclic) bond motifs is 1. The number of carbonyl (C=O) groups is 3. The number of hydrogen-bond acceptors (Lipinski definition) is 6. The third-order valence-corrected chi connectivity index (χ3v) is 3.13. The van der Waals surface area contributed by atoms with Crippen molar-refractivity contribution in [3.05, 3.63) is 68.2 Å². The summed E-state index contributed by atoms with van der Waals surface area (Å²) >= 11 is 0. The molecule has 0 saturated carbocycles. The number of hydrogen-bond donors (Lipinski definition) is 1. The van der Waals surface area contributed by atoms with Crippen LogP contribution in [0.1, 0.15) is 20.7 Å². The predicted octanol–water partition coefficient (Wildman–Crippen LogP) is -0.709. The minimum atomic E-state index is -1.05. The molecule has 2 amide bonds. The number of aromatic amines is 1. The molecular weight excluding hydrogens is 306 g/mol. The van der Waals surface area contributed by atoms with Gasteiger partial charge in [-0.1, -0.05) is 17.2 Å². The van der Waals surface area contributed by atoms with Crippen molar-refractivity contribution in [2.45, 2.75) is 6.54 Å². The van der Waals surface area contributed by atoms with Crippen LogP contribution in [0.25, 0.3) is 0 Å². The minimum absolute atomic E-state index is 0.121. The molecule has 0 spiro atoms. The summed E-state index contributed by atoms with van der Waals surface area (Å²) in [4.78, 5) is 63.2. The van der Waals surface area contributed by atoms with Crippen molar-refractivity contribution in [2.24, 2.45) is 0 Å². The first-order valence-electron chi connectivity index (χ1n) is 6.46. The second-order valence-electron chi connectivity index (χ2n) is 4.65. The van der Waals surface area contributed by atoms with Gasteiger partial charge in [0.25, 0.3) is 22.9 Å². The lowest BCUT2D eigenvalue weighted by molar-refractivity contribution is -0.169. The van der Waals surface area contributed by atoms with E-state index < -0.39 is 35.4 Å². The molecule has 1 aromatic carbocycles. The van der Waals surface area contributed by atoms with E-state index in [0.29, 0.717) is 9.75 Å². The third kappa shape index (κ3) is 2.55. The molecule has 2 heterocycles. The topological polar surface area (TPSA) is 119 Å². The number of rotatable bonds is 3. The van der Waals surface area contributed by atoms with Crippen molar-refractivity contribution < 1.29 is 19.2 Å². The highest BCUT2D eigenvalue weighted by atomic mass is 16.7. The van der Waals surface area contributed by atoms with E-state index in [-0.39, 0.29) is 11.1 Å². The molecule has 0 atom stereocenters. The number of benzene rings is 1. The molecular formula is C14H9N3O6. The number of carbonyl (C=O) groups excluding carboxylic acids is 3. The van der Waals surface area contributed by atoms with Crippen molar-refractivity contribution >= 4 is 17.8 Å². The van der Waals surface area contributed by atoms with Crippen LogP contribution in [0.5, 0.6) is 0 Å². The molecule has 9 nitrogen and oxygen atoms in total. The van der Waals surface area contributed by atoms with Crippen LogP contribution in [0.15, 0.2) is 46.0 Å². The van der Waals surface area contributed by atoms with E-state index in [2.05, 4.69) is 5.10 Å². The van der Waals surface area contributed by atoms with E-state index in [0.717, 1.165) is 12.1 Å². The molecule has 9 heteroatoms. The Morgan fingerprint density at radius 2 is 1.57 bits per heavy atom. The van der Waals surface area contributed by atoms with E-state index in [4.69, 9.17) is 4.84 Å². The lowest BCUT2D eigenvalue weighted by Crippen LogP contribution is -2.37. The Labute approximate surface area is 127 Å². The number of hydroxylamine groups is 2. The molecule has 23 heavy (non-hydrogen) atoms. The standard InChI is InChI=1S/C14H9N3O6/c18-10-5-6-11(19)16(15-10)7-12(20)23-17-13(21)8-3-1-2-4-9(8)14(17)22/h1-6H,7H2,(H,15,18). The average Bonchev–Trinajstić information content (AvgIpc) is 2.76. The van der Waals surface area contributed by atoms with Gasteiger partial charge in [0, 0.05) is 12.1 Å². The largest absolute Gasteiger partial charge is 0.354 e. The SMILES string of the molecule is O=C(Cn1[nH]c(=O)ccc1=O)ON1C(=O)c2ccccc2C1=O. The fourth-order valence-electron chi connectivity index (χ4n) is 2.09. The van der Waals surface area contributed by atoms with Gasteiger partial charge in [0.15, 0.2) is 0 Å². The normalized spacial score (nSPS) is 13.1. The van der Waals surface area contributed by atoms with Crippen LogP contribution in [-0.2, 0) is 16.2 Å². The maximum Gasteiger partial charge on any atom is 0.354 e. The number of aromatic nitrogens is 2. The Balaban J connectivity index is 1.78. The number of amides is 2. The van der Waals surface area contributed by atoms with Gasteiger partial charge in [-0.05, 0) is 12.1 Å². The highest BCUT2D eigenvalue weighted by Crippen LogP contribution is 2.22. The molecule has 0 aliphatic carbocycles. The number of nitrogens with zero attached hydrogens (tertiary/aromatic N) is 2. The zero-order valence-corrected chi connectivity index (χ0v) is 11.5. The molecule has 0 fully saturated rings. The summed E-state index contributed by atoms with van der Waals surface area (Å²) in [6.07, 6.45) is 0. The summed E-state index contributed by atoms with van der Waals surface area (Å²) in [5.74, 6) is -2.59. The maximum absolute atomic E-state index is 12.0. The highest BCUT2D eigenvalue weighted by molar-refractivity contribution is 6.20. The summed E-state index contributed by atoms with van der Waals surface area (Å²) in [7, 11) is 0. The molecule has 116 valence electrons. The van der Waals surface area contributed by atoms with E-state index >= 15 is 0 Å². The van der Waals surface area contributed by atoms with Crippen molar-refractivity contribution in [1.29, 1.82) is 0 Å². The Hall–Kier alpha value is -3.49. The second kappa shape index (κ2) is 5.37. The zero-order chi connectivity index (χ0) is 16.6. The molecule has 0 unspecified atom stereocenters. The van der Waals surface area contributed by atoms with Gasteiger partial charge in [-0.2, -0.15) is 0 Å². The van der Waals surface area contributed by atoms with E-state index in [9.17, 15) is 24.0 Å². The van der Waals surface area contributed by atoms with Gasteiger partial charge < -0.3 is 4.84 Å². The average molecular weight is 315 g/mol. The highest BCUT2D eigenvalue weighted by Gasteiger charge is 2.38. The fraction of sp³-hybridized carbons (Fsp3) is 0.0714. The Bertz CT molecular complexity index is 907. The van der Waals surface area contributed by atoms with Gasteiger partial charge in [0.05, 0.1) is 11.1 Å². The first-order valence-corrected chi connectivity index (χ1v) is 6.46. The molecule has 1 N–H and O–H groups in total. The minimum Gasteiger partial charge on any atom is -0.328 e. The van der Waals surface area contributed by atoms with Gasteiger partial charge in [-0.15, -0.1) is 0 Å². The smallest absolute Gasteiger partial charge is 0.328 e. The summed E-state index contributed by atoms with van der Waals surface area (Å²) in [5, 5.41) is 2.46. The molecule has 0 radical (unpaired) electrons. The summed E-state index contributed by atoms with van der Waals surface area (Å²) in [6.45, 7) is -0.650. The van der Waals surface area contributed by atoms with Gasteiger partial charge in [0.2, 0.25) is 0 Å². The summed E-state index contributed by atoms with van der Waals surface area (Å²) in [5.41, 5.74) is -0.979. The van der Waals surface area contributed by atoms with E-state index in [1.54, 1.807) is 12.1 Å². The zero-order valence-electron chi connectivity index (χ0n) is 11.5. The van der Waals surface area contributed by atoms with E-state index in [1.807, 2.05) is 0 Å². The van der Waals surface area contributed by atoms with Crippen LogP contribution in [0, 0.1) is 0 Å². The van der Waals surface area contributed by atoms with Crippen LogP contribution in [0.4, 0.5) is 0 Å². The number of nitrogens with one attached hydrogen (secondary N) is 1. The van der Waals surface area contributed by atoms with Gasteiger partial charge >= 0.3 is 5.97 Å². The van der Waals surface area contributed by atoms with Gasteiger partial charge in [0.1, 0.15) is 6.54 Å². The molecule has 0 saturated heterocycles. The lowest BCUT2D eigenvalue weighted by atomic mass is 10.1. The number of H-pyrrole nitrogens is 1. The molecule has 1 aliphatic heterocycles. The Kier molecular flexibility index (Phi) is 3.37. The molecule has 0 bridgehead atoms. The third-order valence-electron chi connectivity index (χ3n) is 3.13. The number of imide groups is 1. The quantitative estimate of drug-likeness (QED) is 0.748. The second-order valence-corrected chi connectivity index (χ2v) is 4.65. The summed E-state index contributed by atoms with van der Waals surface area (Å²) < 4.78 is 0.711. The van der Waals surface area contributed by atoms with Crippen LogP contribution in [0.2, 0.25) is 0 Å². The Morgan fingerprint density at radius 1 is 0.957 bits per heavy atom. The first kappa shape index (κ1) is 14.4. The van der Waals surface area contributed by atoms with Crippen LogP contribution >= 0.6 is 0 Å². The molecule has 2 aromatic rings. The molecule has 3 rings (SSSR count). The van der Waals surface area contributed by atoms with Crippen molar-refractivity contribution in [3.63, 3.8) is 0 Å². The van der Waals surface area contributed by atoms with Crippen LogP contribution in [0.3, 0.4) is 0 Å². The fourth-order valence-corrected chi connectivity index (χ4v) is 2.09. The van der Waals surface area contributed by atoms with Crippen LogP contribution in [-0.4, -0.2) is 32.6 Å². The first-order chi connectivity index (χ1) is 11.0.